The van der Waals surface area contributed by atoms with E-state index < -0.39 is 60.7 Å². The molecule has 49 heavy (non-hydrogen) atoms. The molecule has 0 aliphatic carbocycles. The summed E-state index contributed by atoms with van der Waals surface area (Å²) in [6.07, 6.45) is -0.180. The molecule has 16 nitrogen and oxygen atoms in total. The smallest absolute Gasteiger partial charge is 0.410 e. The van der Waals surface area contributed by atoms with Gasteiger partial charge >= 0.3 is 12.1 Å². The first kappa shape index (κ1) is 42.6. The standard InChI is InChI=1S/C33H56N8O8/c1-19(2)25(36-18-42)29(44)38-24(11-10-16-35-32(34)47)28(43)37-23-14-12-22(13-15-23)17-49-33(48)41(9)27(21(5)6)30(45)39-26(20(3)4)31(46)40(7)8/h12-15,19-21,24-27,36,42H,10-11,16-18H2,1-9H3,(H,37,43)(H,38,44)(H,39,45)(H3,34,35,47)/t24-,25-,26-,27-/m0/s1. The number of amides is 7. The number of likely N-dealkylation sites (N-methyl/N-ethyl adjacent to an activating group) is 2. The van der Waals surface area contributed by atoms with Crippen LogP contribution >= 0.6 is 0 Å². The highest BCUT2D eigenvalue weighted by atomic mass is 16.6. The zero-order valence-electron chi connectivity index (χ0n) is 30.2. The minimum Gasteiger partial charge on any atom is -0.445 e. The maximum atomic E-state index is 13.2. The lowest BCUT2D eigenvalue weighted by Gasteiger charge is -2.32. The number of nitrogens with one attached hydrogen (secondary N) is 5. The Hall–Kier alpha value is -4.44. The van der Waals surface area contributed by atoms with E-state index in [4.69, 9.17) is 10.5 Å². The van der Waals surface area contributed by atoms with E-state index in [1.165, 1.54) is 16.8 Å². The number of urea groups is 1. The molecule has 276 valence electrons. The van der Waals surface area contributed by atoms with Crippen molar-refractivity contribution in [1.29, 1.82) is 0 Å². The van der Waals surface area contributed by atoms with E-state index in [0.29, 0.717) is 17.7 Å². The fraction of sp³-hybridized carbons (Fsp3) is 0.636. The Kier molecular flexibility index (Phi) is 18.1. The molecule has 0 saturated carbocycles. The average molecular weight is 693 g/mol. The lowest BCUT2D eigenvalue weighted by molar-refractivity contribution is -0.137. The first-order chi connectivity index (χ1) is 22.9. The Morgan fingerprint density at radius 1 is 0.816 bits per heavy atom. The lowest BCUT2D eigenvalue weighted by atomic mass is 9.99. The minimum atomic E-state index is -0.956. The molecule has 0 unspecified atom stereocenters. The molecule has 8 N–H and O–H groups in total. The van der Waals surface area contributed by atoms with Crippen LogP contribution in [0.25, 0.3) is 0 Å². The van der Waals surface area contributed by atoms with Crippen molar-refractivity contribution in [2.45, 2.75) is 85.2 Å². The topological polar surface area (TPSA) is 225 Å². The maximum absolute atomic E-state index is 13.2. The quantitative estimate of drug-likeness (QED) is 0.0808. The number of nitrogens with zero attached hydrogens (tertiary/aromatic N) is 2. The second-order valence-electron chi connectivity index (χ2n) is 13.1. The third-order valence-corrected chi connectivity index (χ3v) is 7.72. The molecule has 0 aliphatic rings. The number of aliphatic hydroxyl groups excluding tert-OH is 1. The predicted octanol–water partition coefficient (Wildman–Crippen LogP) is 0.944. The van der Waals surface area contributed by atoms with Crippen molar-refractivity contribution in [3.05, 3.63) is 29.8 Å². The van der Waals surface area contributed by atoms with E-state index in [9.17, 15) is 33.9 Å². The summed E-state index contributed by atoms with van der Waals surface area (Å²) in [5.41, 5.74) is 6.14. The highest BCUT2D eigenvalue weighted by Gasteiger charge is 2.35. The van der Waals surface area contributed by atoms with Crippen molar-refractivity contribution in [2.75, 3.05) is 39.7 Å². The molecule has 0 heterocycles. The SMILES string of the molecule is CC(C)[C@H](NCO)C(=O)N[C@@H](CCCNC(N)=O)C(=O)Nc1ccc(COC(=O)N(C)[C@H](C(=O)N[C@H](C(=O)N(C)C)C(C)C)C(C)C)cc1. The molecule has 4 atom stereocenters. The number of carbonyl (C=O) groups excluding carboxylic acids is 6. The number of nitrogens with two attached hydrogens (primary N) is 1. The summed E-state index contributed by atoms with van der Waals surface area (Å²) in [5, 5.41) is 22.7. The summed E-state index contributed by atoms with van der Waals surface area (Å²) in [5.74, 6) is -2.29. The van der Waals surface area contributed by atoms with Gasteiger partial charge in [-0.25, -0.2) is 9.59 Å². The monoisotopic (exact) mass is 692 g/mol. The molecule has 0 fully saturated rings. The number of anilines is 1. The number of primary amides is 1. The Labute approximate surface area is 289 Å². The van der Waals surface area contributed by atoms with Gasteiger partial charge in [-0.1, -0.05) is 53.7 Å². The molecule has 1 aromatic carbocycles. The third kappa shape index (κ3) is 14.3. The van der Waals surface area contributed by atoms with Gasteiger partial charge in [-0.05, 0) is 48.3 Å². The van der Waals surface area contributed by atoms with Gasteiger partial charge in [0.25, 0.3) is 0 Å². The first-order valence-corrected chi connectivity index (χ1v) is 16.4. The zero-order chi connectivity index (χ0) is 37.4. The molecule has 1 rings (SSSR count). The Bertz CT molecular complexity index is 1260. The van der Waals surface area contributed by atoms with Gasteiger partial charge in [-0.3, -0.25) is 29.4 Å². The summed E-state index contributed by atoms with van der Waals surface area (Å²) in [4.78, 5) is 78.6. The summed E-state index contributed by atoms with van der Waals surface area (Å²) in [7, 11) is 4.69. The second kappa shape index (κ2) is 20.8. The summed E-state index contributed by atoms with van der Waals surface area (Å²) in [6.45, 7) is 10.5. The fourth-order valence-electron chi connectivity index (χ4n) is 5.01. The molecule has 0 radical (unpaired) electrons. The number of hydrogen-bond acceptors (Lipinski definition) is 9. The Morgan fingerprint density at radius 2 is 1.41 bits per heavy atom. The van der Waals surface area contributed by atoms with Crippen LogP contribution in [-0.4, -0.2) is 109 Å². The Balaban J connectivity index is 2.93. The highest BCUT2D eigenvalue weighted by molar-refractivity contribution is 5.98. The molecule has 0 spiro atoms. The third-order valence-electron chi connectivity index (χ3n) is 7.72. The van der Waals surface area contributed by atoms with Gasteiger partial charge in [-0.15, -0.1) is 0 Å². The van der Waals surface area contributed by atoms with E-state index in [0.717, 1.165) is 0 Å². The molecule has 7 amide bonds. The first-order valence-electron chi connectivity index (χ1n) is 16.4. The molecule has 0 aromatic heterocycles. The van der Waals surface area contributed by atoms with Crippen LogP contribution in [0.2, 0.25) is 0 Å². The van der Waals surface area contributed by atoms with Crippen molar-refractivity contribution in [3.63, 3.8) is 0 Å². The van der Waals surface area contributed by atoms with Gasteiger partial charge in [0.05, 0.1) is 12.8 Å². The molecular formula is C33H56N8O8. The van der Waals surface area contributed by atoms with Crippen molar-refractivity contribution >= 4 is 41.4 Å². The van der Waals surface area contributed by atoms with E-state index in [-0.39, 0.29) is 43.2 Å². The molecular weight excluding hydrogens is 636 g/mol. The number of aliphatic hydroxyl groups is 1. The molecule has 0 bridgehead atoms. The molecule has 16 heteroatoms. The van der Waals surface area contributed by atoms with Gasteiger partial charge in [0.1, 0.15) is 24.7 Å². The van der Waals surface area contributed by atoms with E-state index in [1.807, 2.05) is 13.8 Å². The van der Waals surface area contributed by atoms with Crippen molar-refractivity contribution in [1.82, 2.24) is 31.1 Å². The number of ether oxygens (including phenoxy) is 1. The van der Waals surface area contributed by atoms with Crippen molar-refractivity contribution in [2.24, 2.45) is 23.5 Å². The molecule has 0 aliphatic heterocycles. The molecule has 0 saturated heterocycles. The van der Waals surface area contributed by atoms with Crippen LogP contribution in [0.1, 0.15) is 59.9 Å². The largest absolute Gasteiger partial charge is 0.445 e. The van der Waals surface area contributed by atoms with Gasteiger partial charge < -0.3 is 41.7 Å². The highest BCUT2D eigenvalue weighted by Crippen LogP contribution is 2.16. The van der Waals surface area contributed by atoms with Crippen molar-refractivity contribution in [3.8, 4) is 0 Å². The summed E-state index contributed by atoms with van der Waals surface area (Å²) >= 11 is 0. The van der Waals surface area contributed by atoms with Crippen LogP contribution in [0.3, 0.4) is 0 Å². The normalized spacial score (nSPS) is 13.6. The van der Waals surface area contributed by atoms with Crippen LogP contribution in [0.4, 0.5) is 15.3 Å². The number of benzene rings is 1. The summed E-state index contributed by atoms with van der Waals surface area (Å²) < 4.78 is 5.48. The van der Waals surface area contributed by atoms with E-state index in [2.05, 4.69) is 26.6 Å². The minimum absolute atomic E-state index is 0.114. The van der Waals surface area contributed by atoms with Gasteiger partial charge in [0, 0.05) is 33.4 Å². The average Bonchev–Trinajstić information content (AvgIpc) is 3.02. The van der Waals surface area contributed by atoms with Crippen LogP contribution in [0, 0.1) is 17.8 Å². The van der Waals surface area contributed by atoms with Crippen molar-refractivity contribution < 1.29 is 38.6 Å². The second-order valence-corrected chi connectivity index (χ2v) is 13.1. The maximum Gasteiger partial charge on any atom is 0.410 e. The van der Waals surface area contributed by atoms with Gasteiger partial charge in [0.15, 0.2) is 0 Å². The number of carbonyl (C=O) groups is 6. The Morgan fingerprint density at radius 3 is 1.90 bits per heavy atom. The zero-order valence-corrected chi connectivity index (χ0v) is 30.2. The van der Waals surface area contributed by atoms with Crippen LogP contribution < -0.4 is 32.3 Å². The number of hydrogen-bond donors (Lipinski definition) is 7. The lowest BCUT2D eigenvalue weighted by Crippen LogP contribution is -2.57. The molecule has 1 aromatic rings. The van der Waals surface area contributed by atoms with Crippen LogP contribution in [-0.2, 0) is 30.5 Å². The van der Waals surface area contributed by atoms with E-state index in [1.54, 1.807) is 66.1 Å². The van der Waals surface area contributed by atoms with Crippen LogP contribution in [0.5, 0.6) is 0 Å². The fourth-order valence-corrected chi connectivity index (χ4v) is 5.01. The van der Waals surface area contributed by atoms with Gasteiger partial charge in [-0.2, -0.15) is 0 Å². The predicted molar refractivity (Wildman–Crippen MR) is 185 cm³/mol. The number of rotatable bonds is 19. The summed E-state index contributed by atoms with van der Waals surface area (Å²) in [6, 6.07) is 2.49. The van der Waals surface area contributed by atoms with Gasteiger partial charge in [0.2, 0.25) is 23.6 Å². The van der Waals surface area contributed by atoms with Crippen LogP contribution in [0.15, 0.2) is 24.3 Å². The van der Waals surface area contributed by atoms with E-state index >= 15 is 0 Å².